The van der Waals surface area contributed by atoms with Crippen LogP contribution in [0.3, 0.4) is 0 Å². The monoisotopic (exact) mass is 270 g/mol. The number of aliphatic hydroxyl groups excluding tert-OH is 1. The maximum atomic E-state index is 12.1. The molecule has 2 aliphatic rings. The predicted octanol–water partition coefficient (Wildman–Crippen LogP) is 1.49. The van der Waals surface area contributed by atoms with Crippen LogP contribution < -0.4 is 5.73 Å². The van der Waals surface area contributed by atoms with E-state index >= 15 is 0 Å². The molecule has 1 heterocycles. The zero-order chi connectivity index (χ0) is 14.3. The van der Waals surface area contributed by atoms with Crippen molar-refractivity contribution in [1.29, 1.82) is 0 Å². The highest BCUT2D eigenvalue weighted by atomic mass is 16.6. The Hall–Kier alpha value is -0.810. The highest BCUT2D eigenvalue weighted by molar-refractivity contribution is 5.68. The molecule has 1 unspecified atom stereocenters. The number of carbonyl (C=O) groups is 1. The third-order valence-corrected chi connectivity index (χ3v) is 4.62. The Morgan fingerprint density at radius 3 is 2.42 bits per heavy atom. The van der Waals surface area contributed by atoms with Gasteiger partial charge in [0.1, 0.15) is 5.60 Å². The lowest BCUT2D eigenvalue weighted by molar-refractivity contribution is -0.0790. The number of ether oxygens (including phenoxy) is 1. The standard InChI is InChI=1S/C14H26N2O3/c1-12(2,3)19-11(18)16-8-7-14(15,10-17)13(9-16)5-4-6-13/h17H,4-10,15H2,1-3H3. The van der Waals surface area contributed by atoms with E-state index in [2.05, 4.69) is 0 Å². The summed E-state index contributed by atoms with van der Waals surface area (Å²) in [5.41, 5.74) is 5.23. The summed E-state index contributed by atoms with van der Waals surface area (Å²) in [6, 6.07) is 0. The second-order valence-corrected chi connectivity index (χ2v) is 7.10. The van der Waals surface area contributed by atoms with Crippen LogP contribution in [0.1, 0.15) is 46.5 Å². The van der Waals surface area contributed by atoms with Crippen LogP contribution in [-0.2, 0) is 4.74 Å². The lowest BCUT2D eigenvalue weighted by Gasteiger charge is -2.58. The highest BCUT2D eigenvalue weighted by Crippen LogP contribution is 2.52. The summed E-state index contributed by atoms with van der Waals surface area (Å²) in [5, 5.41) is 9.60. The fourth-order valence-corrected chi connectivity index (χ4v) is 3.19. The van der Waals surface area contributed by atoms with Gasteiger partial charge in [0, 0.05) is 24.0 Å². The van der Waals surface area contributed by atoms with Crippen molar-refractivity contribution in [3.63, 3.8) is 0 Å². The average molecular weight is 270 g/mol. The van der Waals surface area contributed by atoms with Gasteiger partial charge in [-0.3, -0.25) is 0 Å². The molecule has 3 N–H and O–H groups in total. The summed E-state index contributed by atoms with van der Waals surface area (Å²) in [5.74, 6) is 0. The molecule has 1 amide bonds. The maximum Gasteiger partial charge on any atom is 0.410 e. The Kier molecular flexibility index (Phi) is 3.56. The molecule has 19 heavy (non-hydrogen) atoms. The van der Waals surface area contributed by atoms with Gasteiger partial charge in [-0.2, -0.15) is 0 Å². The van der Waals surface area contributed by atoms with Crippen molar-refractivity contribution in [3.8, 4) is 0 Å². The van der Waals surface area contributed by atoms with Crippen molar-refractivity contribution in [2.24, 2.45) is 11.1 Å². The smallest absolute Gasteiger partial charge is 0.410 e. The van der Waals surface area contributed by atoms with Crippen LogP contribution in [0.25, 0.3) is 0 Å². The summed E-state index contributed by atoms with van der Waals surface area (Å²) in [6.07, 6.45) is 3.48. The minimum Gasteiger partial charge on any atom is -0.444 e. The van der Waals surface area contributed by atoms with Crippen molar-refractivity contribution >= 4 is 6.09 Å². The average Bonchev–Trinajstić information content (AvgIpc) is 2.25. The van der Waals surface area contributed by atoms with Gasteiger partial charge in [-0.15, -0.1) is 0 Å². The molecule has 5 nitrogen and oxygen atoms in total. The second-order valence-electron chi connectivity index (χ2n) is 7.10. The third-order valence-electron chi connectivity index (χ3n) is 4.62. The van der Waals surface area contributed by atoms with Gasteiger partial charge in [-0.1, -0.05) is 6.42 Å². The van der Waals surface area contributed by atoms with E-state index in [-0.39, 0.29) is 18.1 Å². The van der Waals surface area contributed by atoms with Gasteiger partial charge in [0.15, 0.2) is 0 Å². The van der Waals surface area contributed by atoms with E-state index in [1.54, 1.807) is 4.90 Å². The van der Waals surface area contributed by atoms with E-state index in [1.165, 1.54) is 0 Å². The van der Waals surface area contributed by atoms with Gasteiger partial charge in [-0.05, 0) is 40.0 Å². The summed E-state index contributed by atoms with van der Waals surface area (Å²) in [7, 11) is 0. The molecule has 1 aliphatic carbocycles. The Bertz CT molecular complexity index is 360. The zero-order valence-electron chi connectivity index (χ0n) is 12.2. The fourth-order valence-electron chi connectivity index (χ4n) is 3.19. The summed E-state index contributed by atoms with van der Waals surface area (Å²) >= 11 is 0. The molecule has 0 aromatic heterocycles. The number of aliphatic hydroxyl groups is 1. The molecule has 110 valence electrons. The first-order valence-electron chi connectivity index (χ1n) is 7.09. The molecule has 1 aliphatic heterocycles. The zero-order valence-corrected chi connectivity index (χ0v) is 12.2. The van der Waals surface area contributed by atoms with Crippen LogP contribution in [-0.4, -0.2) is 46.9 Å². The molecule has 1 atom stereocenters. The molecule has 2 rings (SSSR count). The number of rotatable bonds is 1. The van der Waals surface area contributed by atoms with Gasteiger partial charge >= 0.3 is 6.09 Å². The van der Waals surface area contributed by atoms with Gasteiger partial charge < -0.3 is 20.5 Å². The van der Waals surface area contributed by atoms with Crippen LogP contribution in [0.5, 0.6) is 0 Å². The molecule has 1 saturated carbocycles. The number of likely N-dealkylation sites (tertiary alicyclic amines) is 1. The number of amides is 1. The number of hydrogen-bond donors (Lipinski definition) is 2. The molecule has 0 radical (unpaired) electrons. The molecular weight excluding hydrogens is 244 g/mol. The topological polar surface area (TPSA) is 75.8 Å². The first-order valence-corrected chi connectivity index (χ1v) is 7.09. The normalized spacial score (nSPS) is 30.1. The first-order chi connectivity index (χ1) is 8.71. The lowest BCUT2D eigenvalue weighted by Crippen LogP contribution is -2.69. The second kappa shape index (κ2) is 4.63. The van der Waals surface area contributed by atoms with E-state index in [4.69, 9.17) is 10.5 Å². The molecule has 1 saturated heterocycles. The molecule has 1 spiro atoms. The van der Waals surface area contributed by atoms with E-state index in [9.17, 15) is 9.90 Å². The van der Waals surface area contributed by atoms with Crippen molar-refractivity contribution < 1.29 is 14.6 Å². The first kappa shape index (κ1) is 14.6. The quantitative estimate of drug-likeness (QED) is 0.757. The van der Waals surface area contributed by atoms with E-state index < -0.39 is 11.1 Å². The van der Waals surface area contributed by atoms with E-state index in [1.807, 2.05) is 20.8 Å². The highest BCUT2D eigenvalue weighted by Gasteiger charge is 2.56. The Morgan fingerprint density at radius 2 is 2.00 bits per heavy atom. The SMILES string of the molecule is CC(C)(C)OC(=O)N1CCC(N)(CO)C2(CCC2)C1. The molecule has 0 aromatic carbocycles. The Morgan fingerprint density at radius 1 is 1.37 bits per heavy atom. The van der Waals surface area contributed by atoms with Gasteiger partial charge in [-0.25, -0.2) is 4.79 Å². The number of piperidine rings is 1. The summed E-state index contributed by atoms with van der Waals surface area (Å²) in [6.45, 7) is 6.78. The van der Waals surface area contributed by atoms with Crippen LogP contribution in [0.2, 0.25) is 0 Å². The van der Waals surface area contributed by atoms with Crippen molar-refractivity contribution in [3.05, 3.63) is 0 Å². The maximum absolute atomic E-state index is 12.1. The molecule has 2 fully saturated rings. The van der Waals surface area contributed by atoms with Crippen LogP contribution >= 0.6 is 0 Å². The van der Waals surface area contributed by atoms with E-state index in [0.29, 0.717) is 19.5 Å². The minimum absolute atomic E-state index is 0.00480. The van der Waals surface area contributed by atoms with Crippen LogP contribution in [0.4, 0.5) is 4.79 Å². The minimum atomic E-state index is -0.538. The molecule has 5 heteroatoms. The van der Waals surface area contributed by atoms with Gasteiger partial charge in [0.2, 0.25) is 0 Å². The summed E-state index contributed by atoms with van der Waals surface area (Å²) in [4.78, 5) is 13.9. The van der Waals surface area contributed by atoms with E-state index in [0.717, 1.165) is 19.3 Å². The Labute approximate surface area is 115 Å². The number of nitrogens with two attached hydrogens (primary N) is 1. The lowest BCUT2D eigenvalue weighted by atomic mass is 9.55. The predicted molar refractivity (Wildman–Crippen MR) is 72.7 cm³/mol. The van der Waals surface area contributed by atoms with Gasteiger partial charge in [0.05, 0.1) is 6.61 Å². The number of nitrogens with zero attached hydrogens (tertiary/aromatic N) is 1. The largest absolute Gasteiger partial charge is 0.444 e. The Balaban J connectivity index is 2.06. The van der Waals surface area contributed by atoms with Crippen LogP contribution in [0, 0.1) is 5.41 Å². The fraction of sp³-hybridized carbons (Fsp3) is 0.929. The summed E-state index contributed by atoms with van der Waals surface area (Å²) < 4.78 is 5.42. The molecule has 0 bridgehead atoms. The van der Waals surface area contributed by atoms with Crippen molar-refractivity contribution in [2.45, 2.75) is 57.6 Å². The van der Waals surface area contributed by atoms with Gasteiger partial charge in [0.25, 0.3) is 0 Å². The van der Waals surface area contributed by atoms with Crippen molar-refractivity contribution in [2.75, 3.05) is 19.7 Å². The van der Waals surface area contributed by atoms with Crippen LogP contribution in [0.15, 0.2) is 0 Å². The number of carbonyl (C=O) groups excluding carboxylic acids is 1. The van der Waals surface area contributed by atoms with Crippen molar-refractivity contribution in [1.82, 2.24) is 4.90 Å². The molecule has 0 aromatic rings. The third kappa shape index (κ3) is 2.58. The molecular formula is C14H26N2O3. The number of hydrogen-bond acceptors (Lipinski definition) is 4.